The second-order valence-corrected chi connectivity index (χ2v) is 9.06. The van der Waals surface area contributed by atoms with Crippen LogP contribution in [0.25, 0.3) is 0 Å². The lowest BCUT2D eigenvalue weighted by molar-refractivity contribution is -0.274. The number of alkyl halides is 3. The third kappa shape index (κ3) is 3.31. The normalized spacial score (nSPS) is 36.0. The Kier molecular flexibility index (Phi) is 4.04. The van der Waals surface area contributed by atoms with Crippen molar-refractivity contribution in [2.45, 2.75) is 61.9 Å². The Hall–Kier alpha value is -2.09. The first-order valence-corrected chi connectivity index (χ1v) is 10.1. The summed E-state index contributed by atoms with van der Waals surface area (Å²) in [5.74, 6) is 0.523. The molecular weight excluding hydrogens is 385 g/mol. The minimum absolute atomic E-state index is 0.0281. The molecule has 0 radical (unpaired) electrons. The van der Waals surface area contributed by atoms with Crippen molar-refractivity contribution in [1.29, 1.82) is 0 Å². The van der Waals surface area contributed by atoms with Crippen molar-refractivity contribution in [2.24, 2.45) is 5.92 Å². The third-order valence-corrected chi connectivity index (χ3v) is 7.27. The number of fused-ring (bicyclic) bond motifs is 1. The lowest BCUT2D eigenvalue weighted by Gasteiger charge is -2.47. The smallest absolute Gasteiger partial charge is 0.406 e. The maximum atomic E-state index is 12.8. The number of hydrogen-bond donors (Lipinski definition) is 1. The predicted molar refractivity (Wildman–Crippen MR) is 97.2 cm³/mol. The molecule has 0 aromatic heterocycles. The molecule has 1 spiro atoms. The van der Waals surface area contributed by atoms with E-state index in [1.165, 1.54) is 12.1 Å². The summed E-state index contributed by atoms with van der Waals surface area (Å²) >= 11 is 0. The number of rotatable bonds is 3. The van der Waals surface area contributed by atoms with Gasteiger partial charge < -0.3 is 9.64 Å². The third-order valence-electron chi connectivity index (χ3n) is 7.27. The van der Waals surface area contributed by atoms with E-state index in [1.54, 1.807) is 12.1 Å². The summed E-state index contributed by atoms with van der Waals surface area (Å²) in [6.45, 7) is 1.34. The number of Topliss-reactive ketones (excluding diaryl/α,β-unsaturated/α-hetero) is 1. The van der Waals surface area contributed by atoms with Crippen LogP contribution in [0.3, 0.4) is 0 Å². The minimum Gasteiger partial charge on any atom is -0.406 e. The van der Waals surface area contributed by atoms with E-state index in [-0.39, 0.29) is 34.4 Å². The van der Waals surface area contributed by atoms with E-state index in [9.17, 15) is 22.8 Å². The number of carbonyl (C=O) groups excluding carboxylic acids is 2. The Bertz CT molecular complexity index is 848. The molecule has 4 aliphatic rings. The van der Waals surface area contributed by atoms with Gasteiger partial charge in [-0.1, -0.05) is 12.1 Å². The summed E-state index contributed by atoms with van der Waals surface area (Å²) in [7, 11) is 0. The number of nitrogens with one attached hydrogen (secondary N) is 1. The van der Waals surface area contributed by atoms with Gasteiger partial charge in [0.2, 0.25) is 5.91 Å². The van der Waals surface area contributed by atoms with Gasteiger partial charge in [0, 0.05) is 36.9 Å². The van der Waals surface area contributed by atoms with Crippen LogP contribution in [0.15, 0.2) is 24.3 Å². The van der Waals surface area contributed by atoms with Crippen molar-refractivity contribution >= 4 is 11.7 Å². The number of ketones is 1. The van der Waals surface area contributed by atoms with Gasteiger partial charge in [0.25, 0.3) is 0 Å². The fourth-order valence-electron chi connectivity index (χ4n) is 5.64. The zero-order valence-electron chi connectivity index (χ0n) is 15.9. The van der Waals surface area contributed by atoms with Crippen LogP contribution in [0.4, 0.5) is 13.2 Å². The van der Waals surface area contributed by atoms with Crippen LogP contribution >= 0.6 is 0 Å². The van der Waals surface area contributed by atoms with Crippen LogP contribution in [-0.2, 0) is 15.0 Å². The predicted octanol–water partition coefficient (Wildman–Crippen LogP) is 2.93. The van der Waals surface area contributed by atoms with E-state index in [1.807, 2.05) is 4.90 Å². The van der Waals surface area contributed by atoms with Crippen LogP contribution in [-0.4, -0.2) is 47.6 Å². The molecule has 29 heavy (non-hydrogen) atoms. The highest BCUT2D eigenvalue weighted by Gasteiger charge is 2.59. The number of amides is 1. The van der Waals surface area contributed by atoms with E-state index < -0.39 is 6.36 Å². The van der Waals surface area contributed by atoms with Crippen molar-refractivity contribution in [3.8, 4) is 5.75 Å². The average molecular weight is 408 g/mol. The minimum atomic E-state index is -4.69. The molecule has 2 heterocycles. The lowest BCUT2D eigenvalue weighted by atomic mass is 9.79. The first kappa shape index (κ1) is 18.9. The number of benzene rings is 1. The van der Waals surface area contributed by atoms with Crippen LogP contribution in [0, 0.1) is 5.92 Å². The van der Waals surface area contributed by atoms with E-state index in [4.69, 9.17) is 0 Å². The van der Waals surface area contributed by atoms with Gasteiger partial charge in [-0.05, 0) is 49.3 Å². The zero-order valence-corrected chi connectivity index (χ0v) is 15.9. The molecule has 4 atom stereocenters. The van der Waals surface area contributed by atoms with Crippen LogP contribution < -0.4 is 10.1 Å². The van der Waals surface area contributed by atoms with Crippen molar-refractivity contribution < 1.29 is 27.5 Å². The van der Waals surface area contributed by atoms with Crippen molar-refractivity contribution in [1.82, 2.24) is 10.2 Å². The Balaban J connectivity index is 1.18. The summed E-state index contributed by atoms with van der Waals surface area (Å²) in [6, 6.07) is 5.97. The molecule has 1 aromatic rings. The van der Waals surface area contributed by atoms with Crippen LogP contribution in [0.1, 0.15) is 44.1 Å². The molecule has 1 amide bonds. The maximum absolute atomic E-state index is 12.8. The Morgan fingerprint density at radius 1 is 1.17 bits per heavy atom. The number of halogens is 3. The highest BCUT2D eigenvalue weighted by molar-refractivity contribution is 5.87. The van der Waals surface area contributed by atoms with Crippen molar-refractivity contribution in [3.63, 3.8) is 0 Å². The first-order valence-electron chi connectivity index (χ1n) is 10.1. The number of ether oxygens (including phenoxy) is 1. The largest absolute Gasteiger partial charge is 0.573 e. The van der Waals surface area contributed by atoms with Gasteiger partial charge in [-0.2, -0.15) is 0 Å². The molecule has 5 rings (SSSR count). The molecule has 8 heteroatoms. The molecule has 0 bridgehead atoms. The fourth-order valence-corrected chi connectivity index (χ4v) is 5.64. The summed E-state index contributed by atoms with van der Waals surface area (Å²) in [4.78, 5) is 26.3. The number of hydrogen-bond acceptors (Lipinski definition) is 4. The molecule has 2 saturated carbocycles. The topological polar surface area (TPSA) is 58.6 Å². The average Bonchev–Trinajstić information content (AvgIpc) is 3.24. The highest BCUT2D eigenvalue weighted by Crippen LogP contribution is 2.59. The molecular formula is C21H23F3N2O3. The number of nitrogens with zero attached hydrogens (tertiary/aromatic N) is 1. The molecule has 1 N–H and O–H groups in total. The van der Waals surface area contributed by atoms with E-state index in [0.717, 1.165) is 31.2 Å². The van der Waals surface area contributed by atoms with Gasteiger partial charge in [-0.15, -0.1) is 13.2 Å². The number of carbonyl (C=O) groups is 2. The Labute approximate surface area is 166 Å². The molecule has 2 aliphatic heterocycles. The standard InChI is InChI=1S/C21H23F3N2O3/c22-21(23,24)29-16-3-1-13(2-4-16)20-7-8-26(12-14(20)9-20)18(28)17-11-19(25-17)6-5-15(27)10-19/h1-4,14,17,25H,5-12H2/t14?,17-,19-,20?/m1/s1. The Morgan fingerprint density at radius 2 is 1.90 bits per heavy atom. The molecule has 2 aliphatic carbocycles. The quantitative estimate of drug-likeness (QED) is 0.836. The summed E-state index contributed by atoms with van der Waals surface area (Å²) in [6.07, 6.45) is -0.203. The van der Waals surface area contributed by atoms with Crippen LogP contribution in [0.5, 0.6) is 5.75 Å². The lowest BCUT2D eigenvalue weighted by Crippen LogP contribution is -2.67. The summed E-state index contributed by atoms with van der Waals surface area (Å²) < 4.78 is 40.9. The number of piperidine rings is 1. The van der Waals surface area contributed by atoms with E-state index >= 15 is 0 Å². The number of likely N-dealkylation sites (tertiary alicyclic amines) is 1. The first-order chi connectivity index (χ1) is 13.7. The zero-order chi connectivity index (χ0) is 20.4. The van der Waals surface area contributed by atoms with E-state index in [2.05, 4.69) is 10.1 Å². The monoisotopic (exact) mass is 408 g/mol. The van der Waals surface area contributed by atoms with Crippen molar-refractivity contribution in [3.05, 3.63) is 29.8 Å². The molecule has 1 aromatic carbocycles. The molecule has 156 valence electrons. The van der Waals surface area contributed by atoms with Gasteiger partial charge in [0.1, 0.15) is 11.5 Å². The van der Waals surface area contributed by atoms with Crippen molar-refractivity contribution in [2.75, 3.05) is 13.1 Å². The molecule has 2 unspecified atom stereocenters. The molecule has 4 fully saturated rings. The maximum Gasteiger partial charge on any atom is 0.573 e. The van der Waals surface area contributed by atoms with E-state index in [0.29, 0.717) is 31.8 Å². The molecule has 5 nitrogen and oxygen atoms in total. The summed E-state index contributed by atoms with van der Waals surface area (Å²) in [5, 5.41) is 3.36. The molecule has 2 saturated heterocycles. The van der Waals surface area contributed by atoms with Gasteiger partial charge in [0.05, 0.1) is 6.04 Å². The van der Waals surface area contributed by atoms with Crippen LogP contribution in [0.2, 0.25) is 0 Å². The van der Waals surface area contributed by atoms with Gasteiger partial charge in [0.15, 0.2) is 0 Å². The fraction of sp³-hybridized carbons (Fsp3) is 0.619. The Morgan fingerprint density at radius 3 is 2.48 bits per heavy atom. The SMILES string of the molecule is O=C1CC[C@@]2(C1)C[C@H](C(=O)N1CCC3(c4ccc(OC(F)(F)F)cc4)CC3C1)N2. The van der Waals surface area contributed by atoms with Gasteiger partial charge in [-0.3, -0.25) is 14.9 Å². The van der Waals surface area contributed by atoms with Gasteiger partial charge >= 0.3 is 6.36 Å². The van der Waals surface area contributed by atoms with Gasteiger partial charge in [-0.25, -0.2) is 0 Å². The second-order valence-electron chi connectivity index (χ2n) is 9.06. The highest BCUT2D eigenvalue weighted by atomic mass is 19.4. The second kappa shape index (κ2) is 6.20. The summed E-state index contributed by atoms with van der Waals surface area (Å²) in [5.41, 5.74) is 0.852.